The van der Waals surface area contributed by atoms with Crippen LogP contribution in [0.2, 0.25) is 0 Å². The van der Waals surface area contributed by atoms with Crippen LogP contribution in [-0.2, 0) is 5.88 Å². The van der Waals surface area contributed by atoms with Gasteiger partial charge in [0.2, 0.25) is 0 Å². The largest absolute Gasteiger partial charge is 0.351 e. The Morgan fingerprint density at radius 1 is 1.35 bits per heavy atom. The predicted molar refractivity (Wildman–Crippen MR) is 83.7 cm³/mol. The van der Waals surface area contributed by atoms with Gasteiger partial charge in [0, 0.05) is 25.3 Å². The summed E-state index contributed by atoms with van der Waals surface area (Å²) in [6.07, 6.45) is 3.20. The Balaban J connectivity index is 2.04. The molecule has 1 fully saturated rings. The second-order valence-corrected chi connectivity index (χ2v) is 5.87. The summed E-state index contributed by atoms with van der Waals surface area (Å²) in [4.78, 5) is 9.61. The van der Waals surface area contributed by atoms with Gasteiger partial charge in [-0.05, 0) is 39.1 Å². The Morgan fingerprint density at radius 2 is 2.20 bits per heavy atom. The molecule has 1 aliphatic heterocycles. The quantitative estimate of drug-likeness (QED) is 0.795. The Morgan fingerprint density at radius 3 is 3.00 bits per heavy atom. The van der Waals surface area contributed by atoms with Crippen LogP contribution in [0.3, 0.4) is 0 Å². The molecule has 0 saturated carbocycles. The molecule has 0 N–H and O–H groups in total. The van der Waals surface area contributed by atoms with E-state index in [1.54, 1.807) is 0 Å². The molecule has 1 atom stereocenters. The topological polar surface area (TPSA) is 23.8 Å². The molecule has 0 spiro atoms. The Kier molecular flexibility index (Phi) is 3.85. The van der Waals surface area contributed by atoms with Gasteiger partial charge in [-0.15, -0.1) is 11.6 Å². The third-order valence-electron chi connectivity index (χ3n) is 4.05. The number of aromatic nitrogens is 2. The van der Waals surface area contributed by atoms with Crippen LogP contribution in [0.5, 0.6) is 0 Å². The molecule has 5 heteroatoms. The smallest absolute Gasteiger partial charge is 0.152 e. The first kappa shape index (κ1) is 13.7. The van der Waals surface area contributed by atoms with Crippen molar-refractivity contribution >= 4 is 23.1 Å². The van der Waals surface area contributed by atoms with Gasteiger partial charge in [-0.25, -0.2) is 4.98 Å². The third-order valence-corrected chi connectivity index (χ3v) is 4.31. The molecule has 108 valence electrons. The molecule has 0 bridgehead atoms. The highest BCUT2D eigenvalue weighted by atomic mass is 35.5. The number of fused-ring (bicyclic) bond motifs is 1. The van der Waals surface area contributed by atoms with Crippen LogP contribution in [0.25, 0.3) is 5.65 Å². The molecule has 1 saturated heterocycles. The summed E-state index contributed by atoms with van der Waals surface area (Å²) in [5.74, 6) is 1.54. The first-order valence-corrected chi connectivity index (χ1v) is 7.71. The average molecular weight is 293 g/mol. The number of alkyl halides is 1. The molecule has 0 aliphatic carbocycles. The highest BCUT2D eigenvalue weighted by Gasteiger charge is 2.24. The van der Waals surface area contributed by atoms with Crippen LogP contribution in [-0.4, -0.2) is 47.0 Å². The van der Waals surface area contributed by atoms with E-state index in [1.807, 2.05) is 24.4 Å². The summed E-state index contributed by atoms with van der Waals surface area (Å²) in [6.45, 7) is 5.52. The number of halogens is 1. The van der Waals surface area contributed by atoms with E-state index in [1.165, 1.54) is 0 Å². The summed E-state index contributed by atoms with van der Waals surface area (Å²) >= 11 is 6.19. The monoisotopic (exact) mass is 292 g/mol. The van der Waals surface area contributed by atoms with E-state index in [-0.39, 0.29) is 0 Å². The minimum atomic E-state index is 0.453. The van der Waals surface area contributed by atoms with Gasteiger partial charge in [-0.3, -0.25) is 0 Å². The van der Waals surface area contributed by atoms with Crippen LogP contribution >= 0.6 is 11.6 Å². The van der Waals surface area contributed by atoms with Crippen LogP contribution in [0.4, 0.5) is 5.82 Å². The van der Waals surface area contributed by atoms with E-state index in [2.05, 4.69) is 28.2 Å². The van der Waals surface area contributed by atoms with Crippen molar-refractivity contribution in [3.05, 3.63) is 30.1 Å². The first-order chi connectivity index (χ1) is 9.70. The summed E-state index contributed by atoms with van der Waals surface area (Å²) in [7, 11) is 2.19. The molecule has 2 aromatic rings. The summed E-state index contributed by atoms with van der Waals surface area (Å²) in [5.41, 5.74) is 2.07. The van der Waals surface area contributed by atoms with E-state index in [9.17, 15) is 0 Å². The number of pyridine rings is 1. The standard InChI is InChI=1S/C15H21ClN4/c1-12-11-18(2)7-5-9-19(12)15-13(10-16)20-8-4-3-6-14(20)17-15/h3-4,6,8,12H,5,7,9-11H2,1-2H3. The van der Waals surface area contributed by atoms with Crippen molar-refractivity contribution in [2.24, 2.45) is 0 Å². The summed E-state index contributed by atoms with van der Waals surface area (Å²) in [5, 5.41) is 0. The average Bonchev–Trinajstić information content (AvgIpc) is 2.72. The van der Waals surface area contributed by atoms with Crippen molar-refractivity contribution in [3.63, 3.8) is 0 Å². The Bertz CT molecular complexity index is 595. The fraction of sp³-hybridized carbons (Fsp3) is 0.533. The summed E-state index contributed by atoms with van der Waals surface area (Å²) < 4.78 is 2.10. The van der Waals surface area contributed by atoms with Gasteiger partial charge in [-0.1, -0.05) is 6.07 Å². The van der Waals surface area contributed by atoms with Crippen molar-refractivity contribution in [3.8, 4) is 0 Å². The van der Waals surface area contributed by atoms with E-state index >= 15 is 0 Å². The number of hydrogen-bond acceptors (Lipinski definition) is 3. The SMILES string of the molecule is CC1CN(C)CCCN1c1nc2ccccn2c1CCl. The van der Waals surface area contributed by atoms with Crippen molar-refractivity contribution in [1.29, 1.82) is 0 Å². The molecule has 0 radical (unpaired) electrons. The fourth-order valence-corrected chi connectivity index (χ4v) is 3.32. The van der Waals surface area contributed by atoms with E-state index in [0.717, 1.165) is 43.2 Å². The lowest BCUT2D eigenvalue weighted by molar-refractivity contribution is 0.337. The van der Waals surface area contributed by atoms with Gasteiger partial charge < -0.3 is 14.2 Å². The van der Waals surface area contributed by atoms with Gasteiger partial charge >= 0.3 is 0 Å². The normalized spacial score (nSPS) is 21.4. The molecular weight excluding hydrogens is 272 g/mol. The minimum absolute atomic E-state index is 0.453. The number of anilines is 1. The number of likely N-dealkylation sites (N-methyl/N-ethyl adjacent to an activating group) is 1. The van der Waals surface area contributed by atoms with Crippen LogP contribution in [0, 0.1) is 0 Å². The molecule has 1 aliphatic rings. The van der Waals surface area contributed by atoms with Crippen molar-refractivity contribution in [1.82, 2.24) is 14.3 Å². The first-order valence-electron chi connectivity index (χ1n) is 7.18. The second kappa shape index (κ2) is 5.62. The van der Waals surface area contributed by atoms with Crippen molar-refractivity contribution in [2.75, 3.05) is 31.6 Å². The van der Waals surface area contributed by atoms with Gasteiger partial charge in [0.15, 0.2) is 5.82 Å². The summed E-state index contributed by atoms with van der Waals surface area (Å²) in [6, 6.07) is 6.53. The lowest BCUT2D eigenvalue weighted by Gasteiger charge is -2.28. The van der Waals surface area contributed by atoms with Crippen LogP contribution in [0.1, 0.15) is 19.0 Å². The molecule has 0 amide bonds. The molecule has 3 rings (SSSR count). The lowest BCUT2D eigenvalue weighted by Crippen LogP contribution is -2.38. The maximum atomic E-state index is 6.19. The maximum Gasteiger partial charge on any atom is 0.152 e. The molecule has 0 aromatic carbocycles. The zero-order valence-corrected chi connectivity index (χ0v) is 12.8. The van der Waals surface area contributed by atoms with E-state index < -0.39 is 0 Å². The molecule has 1 unspecified atom stereocenters. The van der Waals surface area contributed by atoms with E-state index in [0.29, 0.717) is 11.9 Å². The molecule has 3 heterocycles. The zero-order chi connectivity index (χ0) is 14.1. The second-order valence-electron chi connectivity index (χ2n) is 5.60. The minimum Gasteiger partial charge on any atom is -0.351 e. The Hall–Kier alpha value is -1.26. The van der Waals surface area contributed by atoms with Crippen molar-refractivity contribution < 1.29 is 0 Å². The van der Waals surface area contributed by atoms with Gasteiger partial charge in [0.05, 0.1) is 11.6 Å². The highest BCUT2D eigenvalue weighted by Crippen LogP contribution is 2.26. The van der Waals surface area contributed by atoms with Crippen molar-refractivity contribution in [2.45, 2.75) is 25.3 Å². The third kappa shape index (κ3) is 2.38. The number of rotatable bonds is 2. The van der Waals surface area contributed by atoms with Gasteiger partial charge in [0.25, 0.3) is 0 Å². The molecule has 2 aromatic heterocycles. The number of nitrogens with zero attached hydrogens (tertiary/aromatic N) is 4. The molecular formula is C15H21ClN4. The van der Waals surface area contributed by atoms with Crippen LogP contribution in [0.15, 0.2) is 24.4 Å². The lowest BCUT2D eigenvalue weighted by atomic mass is 10.2. The zero-order valence-electron chi connectivity index (χ0n) is 12.1. The molecule has 4 nitrogen and oxygen atoms in total. The molecule has 20 heavy (non-hydrogen) atoms. The number of imidazole rings is 1. The predicted octanol–water partition coefficient (Wildman–Crippen LogP) is 2.60. The van der Waals surface area contributed by atoms with Crippen LogP contribution < -0.4 is 4.90 Å². The van der Waals surface area contributed by atoms with E-state index in [4.69, 9.17) is 16.6 Å². The fourth-order valence-electron chi connectivity index (χ4n) is 3.08. The highest BCUT2D eigenvalue weighted by molar-refractivity contribution is 6.17. The van der Waals surface area contributed by atoms with Gasteiger partial charge in [-0.2, -0.15) is 0 Å². The Labute approximate surface area is 125 Å². The number of hydrogen-bond donors (Lipinski definition) is 0. The van der Waals surface area contributed by atoms with Gasteiger partial charge in [0.1, 0.15) is 5.65 Å². The maximum absolute atomic E-state index is 6.19.